The summed E-state index contributed by atoms with van der Waals surface area (Å²) < 4.78 is 19.4. The van der Waals surface area contributed by atoms with Crippen molar-refractivity contribution in [1.29, 1.82) is 0 Å². The third-order valence-electron chi connectivity index (χ3n) is 3.81. The minimum atomic E-state index is -0.317. The van der Waals surface area contributed by atoms with Gasteiger partial charge in [-0.15, -0.1) is 0 Å². The van der Waals surface area contributed by atoms with Crippen molar-refractivity contribution >= 4 is 50.5 Å². The van der Waals surface area contributed by atoms with Crippen LogP contribution >= 0.6 is 27.7 Å². The highest BCUT2D eigenvalue weighted by Crippen LogP contribution is 2.35. The highest BCUT2D eigenvalue weighted by Gasteiger charge is 2.32. The van der Waals surface area contributed by atoms with Crippen LogP contribution in [0.4, 0.5) is 10.1 Å². The molecule has 0 spiro atoms. The molecule has 1 fully saturated rings. The first-order chi connectivity index (χ1) is 13.0. The topological polar surface area (TPSA) is 41.9 Å². The Bertz CT molecular complexity index is 913. The van der Waals surface area contributed by atoms with E-state index in [4.69, 9.17) is 4.74 Å². The molecule has 2 aromatic rings. The second kappa shape index (κ2) is 8.71. The molecule has 1 aliphatic rings. The predicted octanol–water partition coefficient (Wildman–Crippen LogP) is 5.61. The number of aliphatic imine (C=N–C) groups is 1. The Kier molecular flexibility index (Phi) is 6.34. The number of carbonyl (C=O) groups excluding carboxylic acids is 1. The average molecular weight is 449 g/mol. The van der Waals surface area contributed by atoms with E-state index in [1.807, 2.05) is 38.1 Å². The van der Waals surface area contributed by atoms with Crippen LogP contribution in [-0.2, 0) is 4.79 Å². The fraction of sp³-hybridized carbons (Fsp3) is 0.200. The van der Waals surface area contributed by atoms with E-state index in [1.54, 1.807) is 17.0 Å². The predicted molar refractivity (Wildman–Crippen MR) is 112 cm³/mol. The largest absolute Gasteiger partial charge is 0.493 e. The summed E-state index contributed by atoms with van der Waals surface area (Å²) in [5, 5.41) is 0.588. The molecule has 0 unspecified atom stereocenters. The van der Waals surface area contributed by atoms with Gasteiger partial charge in [-0.05, 0) is 89.6 Å². The minimum absolute atomic E-state index is 0.0895. The van der Waals surface area contributed by atoms with Crippen molar-refractivity contribution in [3.05, 3.63) is 63.2 Å². The van der Waals surface area contributed by atoms with Crippen LogP contribution in [0.25, 0.3) is 6.08 Å². The lowest BCUT2D eigenvalue weighted by atomic mass is 10.2. The highest BCUT2D eigenvalue weighted by molar-refractivity contribution is 9.10. The van der Waals surface area contributed by atoms with E-state index in [0.29, 0.717) is 28.9 Å². The Morgan fingerprint density at radius 1 is 1.22 bits per heavy atom. The minimum Gasteiger partial charge on any atom is -0.493 e. The second-order valence-electron chi connectivity index (χ2n) is 5.65. The molecular formula is C20H18BrFN2O2S. The number of carbonyl (C=O) groups is 1. The van der Waals surface area contributed by atoms with Crippen LogP contribution in [0.15, 0.2) is 56.8 Å². The number of ether oxygens (including phenoxy) is 1. The van der Waals surface area contributed by atoms with Crippen molar-refractivity contribution in [3.63, 3.8) is 0 Å². The van der Waals surface area contributed by atoms with Crippen molar-refractivity contribution in [3.8, 4) is 5.75 Å². The van der Waals surface area contributed by atoms with Gasteiger partial charge in [0, 0.05) is 6.54 Å². The quantitative estimate of drug-likeness (QED) is 0.558. The number of halogens is 2. The van der Waals surface area contributed by atoms with Gasteiger partial charge in [0.05, 0.1) is 21.7 Å². The molecule has 1 heterocycles. The number of hydrogen-bond acceptors (Lipinski definition) is 4. The lowest BCUT2D eigenvalue weighted by Gasteiger charge is -2.11. The monoisotopic (exact) mass is 448 g/mol. The molecule has 27 heavy (non-hydrogen) atoms. The number of nitrogens with zero attached hydrogens (tertiary/aromatic N) is 2. The summed E-state index contributed by atoms with van der Waals surface area (Å²) in [6.45, 7) is 4.92. The number of amides is 1. The van der Waals surface area contributed by atoms with Gasteiger partial charge in [0.15, 0.2) is 5.17 Å². The first-order valence-electron chi connectivity index (χ1n) is 8.49. The normalized spacial score (nSPS) is 17.2. The van der Waals surface area contributed by atoms with E-state index in [1.165, 1.54) is 23.9 Å². The Balaban J connectivity index is 1.88. The zero-order valence-corrected chi connectivity index (χ0v) is 17.3. The van der Waals surface area contributed by atoms with E-state index >= 15 is 0 Å². The molecule has 0 saturated carbocycles. The first kappa shape index (κ1) is 19.6. The molecule has 3 rings (SSSR count). The van der Waals surface area contributed by atoms with Crippen molar-refractivity contribution < 1.29 is 13.9 Å². The van der Waals surface area contributed by atoms with E-state index in [0.717, 1.165) is 15.8 Å². The molecule has 140 valence electrons. The van der Waals surface area contributed by atoms with Crippen LogP contribution < -0.4 is 4.74 Å². The fourth-order valence-corrected chi connectivity index (χ4v) is 4.10. The maximum absolute atomic E-state index is 13.1. The van der Waals surface area contributed by atoms with E-state index in [9.17, 15) is 9.18 Å². The molecule has 0 atom stereocenters. The second-order valence-corrected chi connectivity index (χ2v) is 7.52. The lowest BCUT2D eigenvalue weighted by molar-refractivity contribution is -0.122. The van der Waals surface area contributed by atoms with E-state index in [2.05, 4.69) is 20.9 Å². The van der Waals surface area contributed by atoms with Crippen LogP contribution in [0.5, 0.6) is 5.75 Å². The molecule has 2 aromatic carbocycles. The lowest BCUT2D eigenvalue weighted by Crippen LogP contribution is -2.28. The summed E-state index contributed by atoms with van der Waals surface area (Å²) in [6.07, 6.45) is 1.84. The fourth-order valence-electron chi connectivity index (χ4n) is 2.53. The standard InChI is InChI=1S/C20H18BrFN2O2S/c1-3-24-19(25)18(12-13-5-10-17(26-4-2)16(21)11-13)27-20(24)23-15-8-6-14(22)7-9-15/h5-12H,3-4H2,1-2H3/b18-12+,23-20?. The van der Waals surface area contributed by atoms with Crippen LogP contribution in [0.2, 0.25) is 0 Å². The summed E-state index contributed by atoms with van der Waals surface area (Å²) in [7, 11) is 0. The maximum atomic E-state index is 13.1. The Hall–Kier alpha value is -2.12. The van der Waals surface area contributed by atoms with Gasteiger partial charge < -0.3 is 4.74 Å². The molecule has 1 aliphatic heterocycles. The summed E-state index contributed by atoms with van der Waals surface area (Å²) in [4.78, 5) is 19.4. The van der Waals surface area contributed by atoms with Crippen LogP contribution in [0.1, 0.15) is 19.4 Å². The summed E-state index contributed by atoms with van der Waals surface area (Å²) in [5.41, 5.74) is 1.50. The number of hydrogen-bond donors (Lipinski definition) is 0. The molecule has 1 amide bonds. The number of amidine groups is 1. The molecule has 0 N–H and O–H groups in total. The summed E-state index contributed by atoms with van der Waals surface area (Å²) >= 11 is 4.80. The Labute approximate surface area is 170 Å². The number of benzene rings is 2. The molecule has 0 aromatic heterocycles. The molecule has 1 saturated heterocycles. The van der Waals surface area contributed by atoms with Gasteiger partial charge in [-0.1, -0.05) is 6.07 Å². The van der Waals surface area contributed by atoms with Gasteiger partial charge in [-0.3, -0.25) is 9.69 Å². The average Bonchev–Trinajstić information content (AvgIpc) is 2.94. The third kappa shape index (κ3) is 4.59. The number of likely N-dealkylation sites (N-methyl/N-ethyl adjacent to an activating group) is 1. The number of rotatable bonds is 5. The van der Waals surface area contributed by atoms with Crippen molar-refractivity contribution in [1.82, 2.24) is 4.90 Å². The van der Waals surface area contributed by atoms with Gasteiger partial charge in [-0.25, -0.2) is 9.38 Å². The summed E-state index contributed by atoms with van der Waals surface area (Å²) in [6, 6.07) is 11.6. The first-order valence-corrected chi connectivity index (χ1v) is 10.1. The smallest absolute Gasteiger partial charge is 0.266 e. The third-order valence-corrected chi connectivity index (χ3v) is 5.44. The zero-order valence-electron chi connectivity index (χ0n) is 14.9. The van der Waals surface area contributed by atoms with Crippen LogP contribution in [0.3, 0.4) is 0 Å². The van der Waals surface area contributed by atoms with Gasteiger partial charge >= 0.3 is 0 Å². The Morgan fingerprint density at radius 2 is 1.96 bits per heavy atom. The van der Waals surface area contributed by atoms with Gasteiger partial charge in [0.25, 0.3) is 5.91 Å². The molecule has 0 radical (unpaired) electrons. The van der Waals surface area contributed by atoms with Crippen LogP contribution in [-0.4, -0.2) is 29.1 Å². The maximum Gasteiger partial charge on any atom is 0.266 e. The van der Waals surface area contributed by atoms with Crippen molar-refractivity contribution in [2.45, 2.75) is 13.8 Å². The number of thioether (sulfide) groups is 1. The SMILES string of the molecule is CCOc1ccc(/C=C2/SC(=Nc3ccc(F)cc3)N(CC)C2=O)cc1Br. The molecule has 7 heteroatoms. The molecule has 0 bridgehead atoms. The van der Waals surface area contributed by atoms with E-state index < -0.39 is 0 Å². The van der Waals surface area contributed by atoms with E-state index in [-0.39, 0.29) is 11.7 Å². The van der Waals surface area contributed by atoms with Crippen LogP contribution in [0, 0.1) is 5.82 Å². The summed E-state index contributed by atoms with van der Waals surface area (Å²) in [5.74, 6) is 0.357. The van der Waals surface area contributed by atoms with Gasteiger partial charge in [0.1, 0.15) is 11.6 Å². The molecule has 4 nitrogen and oxygen atoms in total. The van der Waals surface area contributed by atoms with Crippen molar-refractivity contribution in [2.24, 2.45) is 4.99 Å². The molecule has 0 aliphatic carbocycles. The van der Waals surface area contributed by atoms with Gasteiger partial charge in [0.2, 0.25) is 0 Å². The zero-order chi connectivity index (χ0) is 19.4. The van der Waals surface area contributed by atoms with Gasteiger partial charge in [-0.2, -0.15) is 0 Å². The Morgan fingerprint density at radius 3 is 2.59 bits per heavy atom. The highest BCUT2D eigenvalue weighted by atomic mass is 79.9. The van der Waals surface area contributed by atoms with Crippen molar-refractivity contribution in [2.75, 3.05) is 13.2 Å². The molecular weight excluding hydrogens is 431 g/mol.